The molecule has 3 nitrogen and oxygen atoms in total. The van der Waals surface area contributed by atoms with Crippen LogP contribution in [0.25, 0.3) is 11.0 Å². The van der Waals surface area contributed by atoms with Crippen LogP contribution in [0, 0.1) is 0 Å². The molecule has 1 aromatic heterocycles. The molecule has 1 atom stereocenters. The van der Waals surface area contributed by atoms with Gasteiger partial charge in [-0.1, -0.05) is 38.0 Å². The summed E-state index contributed by atoms with van der Waals surface area (Å²) in [5, 5.41) is 4.78. The molecule has 3 rings (SSSR count). The van der Waals surface area contributed by atoms with Crippen molar-refractivity contribution in [2.75, 3.05) is 13.2 Å². The molecule has 1 aliphatic rings. The van der Waals surface area contributed by atoms with Gasteiger partial charge in [0, 0.05) is 12.0 Å². The Morgan fingerprint density at radius 1 is 1.24 bits per heavy atom. The summed E-state index contributed by atoms with van der Waals surface area (Å²) < 4.78 is 12.4. The average Bonchev–Trinajstić information content (AvgIpc) is 3.12. The summed E-state index contributed by atoms with van der Waals surface area (Å²) in [6.07, 6.45) is 4.69. The minimum atomic E-state index is -0.112. The second-order valence-corrected chi connectivity index (χ2v) is 5.88. The maximum absolute atomic E-state index is 6.23. The molecule has 0 spiro atoms. The van der Waals surface area contributed by atoms with E-state index in [1.807, 2.05) is 12.1 Å². The summed E-state index contributed by atoms with van der Waals surface area (Å²) in [7, 11) is 0. The van der Waals surface area contributed by atoms with Crippen molar-refractivity contribution in [1.82, 2.24) is 5.32 Å². The Labute approximate surface area is 126 Å². The van der Waals surface area contributed by atoms with Gasteiger partial charge in [-0.3, -0.25) is 0 Å². The maximum Gasteiger partial charge on any atom is 0.134 e. The highest BCUT2D eigenvalue weighted by atomic mass is 16.5. The lowest BCUT2D eigenvalue weighted by molar-refractivity contribution is -0.0664. The molecule has 1 heterocycles. The first-order valence-electron chi connectivity index (χ1n) is 8.15. The van der Waals surface area contributed by atoms with E-state index < -0.39 is 0 Å². The van der Waals surface area contributed by atoms with Gasteiger partial charge in [0.15, 0.2) is 0 Å². The lowest BCUT2D eigenvalue weighted by atomic mass is 9.89. The third-order valence-electron chi connectivity index (χ3n) is 4.55. The smallest absolute Gasteiger partial charge is 0.134 e. The molecule has 1 unspecified atom stereocenters. The summed E-state index contributed by atoms with van der Waals surface area (Å²) in [5.41, 5.74) is 0.846. The van der Waals surface area contributed by atoms with Crippen LogP contribution < -0.4 is 5.32 Å². The molecule has 1 aliphatic carbocycles. The molecule has 114 valence electrons. The van der Waals surface area contributed by atoms with Crippen molar-refractivity contribution in [1.29, 1.82) is 0 Å². The van der Waals surface area contributed by atoms with E-state index in [9.17, 15) is 0 Å². The molecular weight excluding hydrogens is 262 g/mol. The van der Waals surface area contributed by atoms with Gasteiger partial charge in [-0.05, 0) is 38.4 Å². The van der Waals surface area contributed by atoms with Crippen LogP contribution in [0.15, 0.2) is 34.7 Å². The molecular formula is C18H25NO2. The molecule has 0 bridgehead atoms. The van der Waals surface area contributed by atoms with Crippen LogP contribution in [0.2, 0.25) is 0 Å². The molecule has 0 radical (unpaired) electrons. The van der Waals surface area contributed by atoms with Crippen LogP contribution in [-0.4, -0.2) is 18.8 Å². The highest BCUT2D eigenvalue weighted by molar-refractivity contribution is 5.77. The van der Waals surface area contributed by atoms with Gasteiger partial charge in [-0.2, -0.15) is 0 Å². The number of rotatable bonds is 6. The number of furan rings is 1. The van der Waals surface area contributed by atoms with E-state index in [2.05, 4.69) is 37.4 Å². The Hall–Kier alpha value is -1.32. The van der Waals surface area contributed by atoms with Gasteiger partial charge in [0.25, 0.3) is 0 Å². The highest BCUT2D eigenvalue weighted by Crippen LogP contribution is 2.44. The zero-order valence-electron chi connectivity index (χ0n) is 13.0. The van der Waals surface area contributed by atoms with Crippen LogP contribution in [-0.2, 0) is 4.74 Å². The van der Waals surface area contributed by atoms with E-state index in [0.717, 1.165) is 37.3 Å². The number of nitrogens with one attached hydrogen (secondary N) is 1. The second-order valence-electron chi connectivity index (χ2n) is 5.88. The lowest BCUT2D eigenvalue weighted by Crippen LogP contribution is -2.44. The molecule has 1 fully saturated rings. The number of fused-ring (bicyclic) bond motifs is 1. The number of ether oxygens (including phenoxy) is 1. The minimum absolute atomic E-state index is 0.112. The molecule has 2 aromatic rings. The molecule has 1 saturated carbocycles. The van der Waals surface area contributed by atoms with Gasteiger partial charge in [0.05, 0.1) is 11.6 Å². The van der Waals surface area contributed by atoms with E-state index >= 15 is 0 Å². The van der Waals surface area contributed by atoms with Gasteiger partial charge >= 0.3 is 0 Å². The first-order valence-corrected chi connectivity index (χ1v) is 8.15. The fourth-order valence-corrected chi connectivity index (χ4v) is 3.67. The third-order valence-corrected chi connectivity index (χ3v) is 4.55. The monoisotopic (exact) mass is 287 g/mol. The van der Waals surface area contributed by atoms with Crippen LogP contribution in [0.3, 0.4) is 0 Å². The number of hydrogen-bond acceptors (Lipinski definition) is 3. The Bertz CT molecular complexity index is 551. The number of hydrogen-bond donors (Lipinski definition) is 1. The Kier molecular flexibility index (Phi) is 4.32. The van der Waals surface area contributed by atoms with Crippen LogP contribution in [0.4, 0.5) is 0 Å². The molecule has 3 heteroatoms. The second kappa shape index (κ2) is 6.20. The molecule has 21 heavy (non-hydrogen) atoms. The van der Waals surface area contributed by atoms with Crippen molar-refractivity contribution in [2.24, 2.45) is 0 Å². The largest absolute Gasteiger partial charge is 0.459 e. The molecule has 0 amide bonds. The first kappa shape index (κ1) is 14.6. The van der Waals surface area contributed by atoms with Crippen molar-refractivity contribution < 1.29 is 9.15 Å². The fourth-order valence-electron chi connectivity index (χ4n) is 3.67. The minimum Gasteiger partial charge on any atom is -0.459 e. The standard InChI is InChI=1S/C18H25NO2/c1-3-19-17(18(20-4-2)11-7-8-12-18)16-13-14-9-5-6-10-15(14)21-16/h5-6,9-10,13,17,19H,3-4,7-8,11-12H2,1-2H3. The van der Waals surface area contributed by atoms with Crippen molar-refractivity contribution in [3.8, 4) is 0 Å². The maximum atomic E-state index is 6.23. The third kappa shape index (κ3) is 2.72. The summed E-state index contributed by atoms with van der Waals surface area (Å²) in [6.45, 7) is 5.89. The number of benzene rings is 1. The SMILES string of the molecule is CCNC(c1cc2ccccc2o1)C1(OCC)CCCC1. The Morgan fingerprint density at radius 3 is 2.67 bits per heavy atom. The van der Waals surface area contributed by atoms with Gasteiger partial charge < -0.3 is 14.5 Å². The summed E-state index contributed by atoms with van der Waals surface area (Å²) in [4.78, 5) is 0. The van der Waals surface area contributed by atoms with Crippen molar-refractivity contribution in [3.05, 3.63) is 36.1 Å². The number of likely N-dealkylation sites (N-methyl/N-ethyl adjacent to an activating group) is 1. The molecule has 1 N–H and O–H groups in total. The van der Waals surface area contributed by atoms with Crippen LogP contribution in [0.1, 0.15) is 51.3 Å². The average molecular weight is 287 g/mol. The predicted molar refractivity (Wildman–Crippen MR) is 85.5 cm³/mol. The quantitative estimate of drug-likeness (QED) is 0.853. The lowest BCUT2D eigenvalue weighted by Gasteiger charge is -2.36. The molecule has 0 saturated heterocycles. The molecule has 1 aromatic carbocycles. The topological polar surface area (TPSA) is 34.4 Å². The fraction of sp³-hybridized carbons (Fsp3) is 0.556. The zero-order valence-corrected chi connectivity index (χ0v) is 13.0. The number of para-hydroxylation sites is 1. The summed E-state index contributed by atoms with van der Waals surface area (Å²) in [6, 6.07) is 10.5. The van der Waals surface area contributed by atoms with E-state index in [-0.39, 0.29) is 11.6 Å². The molecule has 0 aliphatic heterocycles. The van der Waals surface area contributed by atoms with Gasteiger partial charge in [-0.25, -0.2) is 0 Å². The van der Waals surface area contributed by atoms with Crippen LogP contribution in [0.5, 0.6) is 0 Å². The van der Waals surface area contributed by atoms with Crippen molar-refractivity contribution >= 4 is 11.0 Å². The van der Waals surface area contributed by atoms with Crippen LogP contribution >= 0.6 is 0 Å². The van der Waals surface area contributed by atoms with Gasteiger partial charge in [0.2, 0.25) is 0 Å². The normalized spacial score (nSPS) is 19.1. The Balaban J connectivity index is 1.99. The van der Waals surface area contributed by atoms with Crippen molar-refractivity contribution in [3.63, 3.8) is 0 Å². The van der Waals surface area contributed by atoms with E-state index in [1.165, 1.54) is 18.2 Å². The van der Waals surface area contributed by atoms with Gasteiger partial charge in [0.1, 0.15) is 11.3 Å². The Morgan fingerprint density at radius 2 is 2.00 bits per heavy atom. The van der Waals surface area contributed by atoms with Gasteiger partial charge in [-0.15, -0.1) is 0 Å². The summed E-state index contributed by atoms with van der Waals surface area (Å²) >= 11 is 0. The van der Waals surface area contributed by atoms with E-state index in [4.69, 9.17) is 9.15 Å². The zero-order chi connectivity index (χ0) is 14.7. The first-order chi connectivity index (χ1) is 10.3. The van der Waals surface area contributed by atoms with Crippen molar-refractivity contribution in [2.45, 2.75) is 51.2 Å². The summed E-state index contributed by atoms with van der Waals surface area (Å²) in [5.74, 6) is 1.01. The highest BCUT2D eigenvalue weighted by Gasteiger charge is 2.44. The predicted octanol–water partition coefficient (Wildman–Crippen LogP) is 4.43. The van der Waals surface area contributed by atoms with E-state index in [1.54, 1.807) is 0 Å². The van der Waals surface area contributed by atoms with E-state index in [0.29, 0.717) is 0 Å².